The van der Waals surface area contributed by atoms with Crippen LogP contribution in [0.1, 0.15) is 22.5 Å². The fourth-order valence-electron chi connectivity index (χ4n) is 4.63. The Kier molecular flexibility index (Phi) is 11.2. The molecule has 0 bridgehead atoms. The molecule has 0 unspecified atom stereocenters. The zero-order chi connectivity index (χ0) is 29.9. The second-order valence-electron chi connectivity index (χ2n) is 9.50. The lowest BCUT2D eigenvalue weighted by atomic mass is 10.1. The molecule has 0 atom stereocenters. The molecule has 0 fully saturated rings. The maximum absolute atomic E-state index is 3.77. The molecular weight excluding hydrogens is 644 g/mol. The number of benzene rings is 4. The van der Waals surface area contributed by atoms with E-state index in [0.717, 1.165) is 31.7 Å². The van der Waals surface area contributed by atoms with E-state index in [2.05, 4.69) is 178 Å². The van der Waals surface area contributed by atoms with E-state index in [1.165, 1.54) is 22.5 Å². The Labute approximate surface area is 266 Å². The van der Waals surface area contributed by atoms with Gasteiger partial charge in [-0.05, 0) is 110 Å². The number of allylic oxidation sites excluding steroid dienone is 4. The van der Waals surface area contributed by atoms with Crippen LogP contribution in [0, 0.1) is 13.8 Å². The topological polar surface area (TPSA) is 8.17 Å². The largest absolute Gasteiger partial charge is 0.311 e. The summed E-state index contributed by atoms with van der Waals surface area (Å²) in [4.78, 5) is 2.24. The van der Waals surface area contributed by atoms with E-state index in [0.29, 0.717) is 0 Å². The Bertz CT molecular complexity index is 1580. The SMILES string of the molecule is Brc1ccc(N(c2ccccc2)c2ccccc2)cc1.C=C/C=C\c1c(C)c(C)c(/C=C\C=C)n1-c1ccc(Br)cc1. The third kappa shape index (κ3) is 7.58. The summed E-state index contributed by atoms with van der Waals surface area (Å²) in [6.07, 6.45) is 11.7. The summed E-state index contributed by atoms with van der Waals surface area (Å²) >= 11 is 6.98. The normalized spacial score (nSPS) is 10.9. The fraction of sp³-hybridized carbons (Fsp3) is 0.0526. The average Bonchev–Trinajstić information content (AvgIpc) is 3.26. The van der Waals surface area contributed by atoms with Gasteiger partial charge in [-0.3, -0.25) is 0 Å². The van der Waals surface area contributed by atoms with Gasteiger partial charge >= 0.3 is 0 Å². The average molecular weight is 679 g/mol. The van der Waals surface area contributed by atoms with Gasteiger partial charge in [0.2, 0.25) is 0 Å². The molecule has 2 nitrogen and oxygen atoms in total. The lowest BCUT2D eigenvalue weighted by Crippen LogP contribution is -2.09. The van der Waals surface area contributed by atoms with Gasteiger partial charge in [0.25, 0.3) is 0 Å². The molecule has 0 aliphatic rings. The van der Waals surface area contributed by atoms with Gasteiger partial charge in [0, 0.05) is 43.1 Å². The van der Waals surface area contributed by atoms with Crippen molar-refractivity contribution in [1.29, 1.82) is 0 Å². The summed E-state index contributed by atoms with van der Waals surface area (Å²) in [5, 5.41) is 0. The van der Waals surface area contributed by atoms with Crippen molar-refractivity contribution in [2.75, 3.05) is 4.90 Å². The van der Waals surface area contributed by atoms with E-state index in [-0.39, 0.29) is 0 Å². The van der Waals surface area contributed by atoms with E-state index in [9.17, 15) is 0 Å². The van der Waals surface area contributed by atoms with E-state index >= 15 is 0 Å². The van der Waals surface area contributed by atoms with Crippen LogP contribution >= 0.6 is 31.9 Å². The van der Waals surface area contributed by atoms with Crippen LogP contribution in [0.2, 0.25) is 0 Å². The molecule has 42 heavy (non-hydrogen) atoms. The zero-order valence-corrected chi connectivity index (χ0v) is 27.1. The van der Waals surface area contributed by atoms with Gasteiger partial charge in [-0.15, -0.1) is 0 Å². The molecule has 5 rings (SSSR count). The number of hydrogen-bond acceptors (Lipinski definition) is 1. The molecule has 0 radical (unpaired) electrons. The number of halogens is 2. The number of hydrogen-bond donors (Lipinski definition) is 0. The van der Waals surface area contributed by atoms with Gasteiger partial charge in [-0.2, -0.15) is 0 Å². The number of para-hydroxylation sites is 2. The maximum Gasteiger partial charge on any atom is 0.0494 e. The van der Waals surface area contributed by atoms with Crippen molar-refractivity contribution in [2.45, 2.75) is 13.8 Å². The van der Waals surface area contributed by atoms with Crippen molar-refractivity contribution >= 4 is 61.1 Å². The van der Waals surface area contributed by atoms with E-state index in [1.807, 2.05) is 24.3 Å². The molecule has 0 saturated carbocycles. The third-order valence-corrected chi connectivity index (χ3v) is 7.85. The number of aromatic nitrogens is 1. The summed E-state index contributed by atoms with van der Waals surface area (Å²) in [6, 6.07) is 37.5. The number of nitrogens with zero attached hydrogens (tertiary/aromatic N) is 2. The molecule has 1 heterocycles. The van der Waals surface area contributed by atoms with Crippen LogP contribution in [0.4, 0.5) is 17.1 Å². The monoisotopic (exact) mass is 676 g/mol. The van der Waals surface area contributed by atoms with Crippen molar-refractivity contribution in [3.8, 4) is 5.69 Å². The van der Waals surface area contributed by atoms with Gasteiger partial charge in [0.15, 0.2) is 0 Å². The van der Waals surface area contributed by atoms with Crippen LogP contribution in [0.15, 0.2) is 156 Å². The Morgan fingerprint density at radius 1 is 0.548 bits per heavy atom. The van der Waals surface area contributed by atoms with E-state index < -0.39 is 0 Å². The quantitative estimate of drug-likeness (QED) is 0.148. The van der Waals surface area contributed by atoms with Crippen LogP contribution in [0.3, 0.4) is 0 Å². The summed E-state index contributed by atoms with van der Waals surface area (Å²) in [5.74, 6) is 0. The van der Waals surface area contributed by atoms with Crippen molar-refractivity contribution in [3.05, 3.63) is 178 Å². The number of anilines is 3. The minimum absolute atomic E-state index is 1.07. The fourth-order valence-corrected chi connectivity index (χ4v) is 5.16. The first-order valence-electron chi connectivity index (χ1n) is 13.7. The Morgan fingerprint density at radius 2 is 0.929 bits per heavy atom. The molecule has 0 aliphatic carbocycles. The van der Waals surface area contributed by atoms with E-state index in [4.69, 9.17) is 0 Å². The minimum atomic E-state index is 1.07. The summed E-state index contributed by atoms with van der Waals surface area (Å²) in [7, 11) is 0. The molecule has 4 aromatic carbocycles. The third-order valence-electron chi connectivity index (χ3n) is 6.79. The predicted molar refractivity (Wildman–Crippen MR) is 190 cm³/mol. The summed E-state index contributed by atoms with van der Waals surface area (Å²) in [5.41, 5.74) is 9.46. The van der Waals surface area contributed by atoms with Crippen molar-refractivity contribution < 1.29 is 0 Å². The molecule has 5 aromatic rings. The van der Waals surface area contributed by atoms with Crippen molar-refractivity contribution in [2.24, 2.45) is 0 Å². The van der Waals surface area contributed by atoms with Crippen LogP contribution in [-0.2, 0) is 0 Å². The first-order chi connectivity index (χ1) is 20.4. The van der Waals surface area contributed by atoms with Gasteiger partial charge in [0.05, 0.1) is 0 Å². The van der Waals surface area contributed by atoms with Gasteiger partial charge < -0.3 is 9.47 Å². The standard InChI is InChI=1S/C20H20BrN.C18H14BrN/c1-5-7-9-19-15(3)16(4)20(10-8-6-2)22(19)18-13-11-17(21)12-14-18;19-15-11-13-18(14-12-15)20(16-7-3-1-4-8-16)17-9-5-2-6-10-17/h5-14H,1-2H2,3-4H3;1-14H/b9-7-,10-8-;. The Balaban J connectivity index is 0.000000193. The summed E-state index contributed by atoms with van der Waals surface area (Å²) < 4.78 is 4.42. The van der Waals surface area contributed by atoms with Crippen molar-refractivity contribution in [1.82, 2.24) is 4.57 Å². The highest BCUT2D eigenvalue weighted by atomic mass is 79.9. The van der Waals surface area contributed by atoms with E-state index in [1.54, 1.807) is 12.2 Å². The molecule has 4 heteroatoms. The van der Waals surface area contributed by atoms with Crippen molar-refractivity contribution in [3.63, 3.8) is 0 Å². The van der Waals surface area contributed by atoms with Crippen LogP contribution in [-0.4, -0.2) is 4.57 Å². The smallest absolute Gasteiger partial charge is 0.0494 e. The molecule has 0 aliphatic heterocycles. The van der Waals surface area contributed by atoms with Gasteiger partial charge in [0.1, 0.15) is 0 Å². The zero-order valence-electron chi connectivity index (χ0n) is 23.9. The molecule has 210 valence electrons. The highest BCUT2D eigenvalue weighted by Gasteiger charge is 2.15. The van der Waals surface area contributed by atoms with Crippen LogP contribution in [0.25, 0.3) is 17.8 Å². The van der Waals surface area contributed by atoms with Gasteiger partial charge in [-0.1, -0.05) is 106 Å². The predicted octanol–water partition coefficient (Wildman–Crippen LogP) is 12.2. The van der Waals surface area contributed by atoms with Gasteiger partial charge in [-0.25, -0.2) is 0 Å². The molecule has 0 N–H and O–H groups in total. The highest BCUT2D eigenvalue weighted by Crippen LogP contribution is 2.34. The number of rotatable bonds is 8. The molecule has 0 saturated heterocycles. The van der Waals surface area contributed by atoms with Crippen LogP contribution < -0.4 is 4.90 Å². The second kappa shape index (κ2) is 15.2. The maximum atomic E-state index is 3.77. The Hall–Kier alpha value is -4.12. The lowest BCUT2D eigenvalue weighted by Gasteiger charge is -2.25. The summed E-state index contributed by atoms with van der Waals surface area (Å²) in [6.45, 7) is 11.8. The Morgan fingerprint density at radius 3 is 1.33 bits per heavy atom. The molecule has 1 aromatic heterocycles. The highest BCUT2D eigenvalue weighted by molar-refractivity contribution is 9.10. The first kappa shape index (κ1) is 30.8. The molecular formula is C38H34Br2N2. The van der Waals surface area contributed by atoms with Crippen LogP contribution in [0.5, 0.6) is 0 Å². The lowest BCUT2D eigenvalue weighted by molar-refractivity contribution is 1.04. The first-order valence-corrected chi connectivity index (χ1v) is 15.2. The second-order valence-corrected chi connectivity index (χ2v) is 11.3. The molecule has 0 spiro atoms. The minimum Gasteiger partial charge on any atom is -0.311 e. The molecule has 0 amide bonds.